The molecule has 1 aromatic carbocycles. The highest BCUT2D eigenvalue weighted by atomic mass is 15.2. The standard InChI is InChI=1S/C16H27N3/c1-5-19(13(2)12-18(3)4)16-8-6-7-14-11-17-10-9-15(14)16/h6-8,13,17H,5,9-12H2,1-4H3. The zero-order valence-corrected chi connectivity index (χ0v) is 12.7. The summed E-state index contributed by atoms with van der Waals surface area (Å²) in [6.45, 7) is 8.86. The monoisotopic (exact) mass is 261 g/mol. The fourth-order valence-corrected chi connectivity index (χ4v) is 3.13. The molecular weight excluding hydrogens is 234 g/mol. The Labute approximate surface area is 117 Å². The number of nitrogens with one attached hydrogen (secondary N) is 1. The van der Waals surface area contributed by atoms with E-state index in [4.69, 9.17) is 0 Å². The summed E-state index contributed by atoms with van der Waals surface area (Å²) in [5.74, 6) is 0. The highest BCUT2D eigenvalue weighted by molar-refractivity contribution is 5.58. The van der Waals surface area contributed by atoms with Crippen LogP contribution >= 0.6 is 0 Å². The van der Waals surface area contributed by atoms with Crippen LogP contribution < -0.4 is 10.2 Å². The minimum Gasteiger partial charge on any atom is -0.368 e. The number of hydrogen-bond donors (Lipinski definition) is 1. The lowest BCUT2D eigenvalue weighted by Gasteiger charge is -2.35. The van der Waals surface area contributed by atoms with E-state index in [0.717, 1.165) is 32.6 Å². The van der Waals surface area contributed by atoms with Gasteiger partial charge >= 0.3 is 0 Å². The third kappa shape index (κ3) is 3.28. The van der Waals surface area contributed by atoms with E-state index in [-0.39, 0.29) is 0 Å². The van der Waals surface area contributed by atoms with Gasteiger partial charge in [0.15, 0.2) is 0 Å². The molecule has 1 aromatic rings. The van der Waals surface area contributed by atoms with Gasteiger partial charge in [0.2, 0.25) is 0 Å². The molecule has 3 nitrogen and oxygen atoms in total. The fourth-order valence-electron chi connectivity index (χ4n) is 3.13. The van der Waals surface area contributed by atoms with E-state index in [2.05, 4.69) is 61.3 Å². The number of benzene rings is 1. The highest BCUT2D eigenvalue weighted by Gasteiger charge is 2.19. The van der Waals surface area contributed by atoms with Gasteiger partial charge in [0.05, 0.1) is 0 Å². The van der Waals surface area contributed by atoms with Gasteiger partial charge in [0, 0.05) is 31.4 Å². The van der Waals surface area contributed by atoms with E-state index in [9.17, 15) is 0 Å². The normalized spacial score (nSPS) is 16.3. The molecule has 0 spiro atoms. The van der Waals surface area contributed by atoms with Gasteiger partial charge in [-0.25, -0.2) is 0 Å². The van der Waals surface area contributed by atoms with Crippen LogP contribution in [0, 0.1) is 0 Å². The molecule has 1 aliphatic rings. The van der Waals surface area contributed by atoms with Gasteiger partial charge in [-0.05, 0) is 58.1 Å². The van der Waals surface area contributed by atoms with Crippen molar-refractivity contribution < 1.29 is 0 Å². The summed E-state index contributed by atoms with van der Waals surface area (Å²) in [5.41, 5.74) is 4.46. The van der Waals surface area contributed by atoms with Crippen LogP contribution in [0.15, 0.2) is 18.2 Å². The van der Waals surface area contributed by atoms with Crippen molar-refractivity contribution in [3.8, 4) is 0 Å². The van der Waals surface area contributed by atoms with E-state index in [1.54, 1.807) is 5.56 Å². The Hall–Kier alpha value is -1.06. The zero-order valence-electron chi connectivity index (χ0n) is 12.7. The second-order valence-electron chi connectivity index (χ2n) is 5.74. The molecule has 1 N–H and O–H groups in total. The van der Waals surface area contributed by atoms with Crippen LogP contribution in [0.3, 0.4) is 0 Å². The fraction of sp³-hybridized carbons (Fsp3) is 0.625. The molecule has 0 aromatic heterocycles. The Morgan fingerprint density at radius 1 is 1.32 bits per heavy atom. The molecule has 19 heavy (non-hydrogen) atoms. The average molecular weight is 261 g/mol. The van der Waals surface area contributed by atoms with Gasteiger partial charge in [0.1, 0.15) is 0 Å². The topological polar surface area (TPSA) is 18.5 Å². The smallest absolute Gasteiger partial charge is 0.0405 e. The van der Waals surface area contributed by atoms with Crippen molar-refractivity contribution >= 4 is 5.69 Å². The lowest BCUT2D eigenvalue weighted by atomic mass is 9.97. The predicted molar refractivity (Wildman–Crippen MR) is 82.9 cm³/mol. The molecule has 2 rings (SSSR count). The Bertz CT molecular complexity index is 414. The van der Waals surface area contributed by atoms with Crippen molar-refractivity contribution in [2.75, 3.05) is 38.6 Å². The molecule has 0 radical (unpaired) electrons. The first-order valence-electron chi connectivity index (χ1n) is 7.36. The molecule has 106 valence electrons. The van der Waals surface area contributed by atoms with Gasteiger partial charge in [-0.15, -0.1) is 0 Å². The SMILES string of the molecule is CCN(c1cccc2c1CCNC2)C(C)CN(C)C. The summed E-state index contributed by atoms with van der Waals surface area (Å²) in [5, 5.41) is 3.46. The van der Waals surface area contributed by atoms with Crippen LogP contribution in [0.2, 0.25) is 0 Å². The van der Waals surface area contributed by atoms with Crippen LogP contribution in [-0.4, -0.2) is 44.7 Å². The summed E-state index contributed by atoms with van der Waals surface area (Å²) in [6.07, 6.45) is 1.15. The Balaban J connectivity index is 2.27. The Morgan fingerprint density at radius 2 is 2.11 bits per heavy atom. The van der Waals surface area contributed by atoms with Crippen molar-refractivity contribution in [2.45, 2.75) is 32.9 Å². The molecule has 0 amide bonds. The maximum absolute atomic E-state index is 3.46. The van der Waals surface area contributed by atoms with E-state index >= 15 is 0 Å². The van der Waals surface area contributed by atoms with Crippen LogP contribution in [0.4, 0.5) is 5.69 Å². The summed E-state index contributed by atoms with van der Waals surface area (Å²) in [7, 11) is 4.30. The molecule has 0 fully saturated rings. The maximum atomic E-state index is 3.46. The number of rotatable bonds is 5. The molecule has 0 saturated carbocycles. The van der Waals surface area contributed by atoms with Gasteiger partial charge in [-0.2, -0.15) is 0 Å². The van der Waals surface area contributed by atoms with Crippen molar-refractivity contribution in [3.63, 3.8) is 0 Å². The van der Waals surface area contributed by atoms with Gasteiger partial charge in [0.25, 0.3) is 0 Å². The molecule has 0 aliphatic carbocycles. The maximum Gasteiger partial charge on any atom is 0.0405 e. The third-order valence-corrected chi connectivity index (χ3v) is 3.93. The van der Waals surface area contributed by atoms with Crippen LogP contribution in [-0.2, 0) is 13.0 Å². The Morgan fingerprint density at radius 3 is 2.79 bits per heavy atom. The van der Waals surface area contributed by atoms with E-state index < -0.39 is 0 Å². The van der Waals surface area contributed by atoms with Crippen LogP contribution in [0.5, 0.6) is 0 Å². The first-order valence-corrected chi connectivity index (χ1v) is 7.36. The first kappa shape index (κ1) is 14.4. The number of fused-ring (bicyclic) bond motifs is 1. The third-order valence-electron chi connectivity index (χ3n) is 3.93. The molecule has 3 heteroatoms. The van der Waals surface area contributed by atoms with Crippen LogP contribution in [0.25, 0.3) is 0 Å². The molecule has 0 bridgehead atoms. The average Bonchev–Trinajstić information content (AvgIpc) is 2.39. The van der Waals surface area contributed by atoms with Crippen molar-refractivity contribution in [1.82, 2.24) is 10.2 Å². The van der Waals surface area contributed by atoms with E-state index in [1.807, 2.05) is 0 Å². The molecular formula is C16H27N3. The lowest BCUT2D eigenvalue weighted by Crippen LogP contribution is -2.41. The summed E-state index contributed by atoms with van der Waals surface area (Å²) in [6, 6.07) is 7.29. The van der Waals surface area contributed by atoms with E-state index in [1.165, 1.54) is 11.3 Å². The quantitative estimate of drug-likeness (QED) is 0.876. The molecule has 1 atom stereocenters. The molecule has 0 saturated heterocycles. The summed E-state index contributed by atoms with van der Waals surface area (Å²) < 4.78 is 0. The van der Waals surface area contributed by atoms with Gasteiger partial charge < -0.3 is 15.1 Å². The van der Waals surface area contributed by atoms with Crippen molar-refractivity contribution in [1.29, 1.82) is 0 Å². The lowest BCUT2D eigenvalue weighted by molar-refractivity contribution is 0.372. The molecule has 1 aliphatic heterocycles. The Kier molecular flexibility index (Phi) is 4.83. The zero-order chi connectivity index (χ0) is 13.8. The van der Waals surface area contributed by atoms with E-state index in [0.29, 0.717) is 6.04 Å². The molecule has 1 heterocycles. The highest BCUT2D eigenvalue weighted by Crippen LogP contribution is 2.28. The second-order valence-corrected chi connectivity index (χ2v) is 5.74. The molecule has 1 unspecified atom stereocenters. The largest absolute Gasteiger partial charge is 0.368 e. The number of anilines is 1. The minimum absolute atomic E-state index is 0.543. The summed E-state index contributed by atoms with van der Waals surface area (Å²) >= 11 is 0. The first-order chi connectivity index (χ1) is 9.13. The van der Waals surface area contributed by atoms with Gasteiger partial charge in [-0.3, -0.25) is 0 Å². The van der Waals surface area contributed by atoms with Crippen LogP contribution in [0.1, 0.15) is 25.0 Å². The number of nitrogens with zero attached hydrogens (tertiary/aromatic N) is 2. The number of hydrogen-bond acceptors (Lipinski definition) is 3. The minimum atomic E-state index is 0.543. The number of likely N-dealkylation sites (N-methyl/N-ethyl adjacent to an activating group) is 2. The second kappa shape index (κ2) is 6.40. The summed E-state index contributed by atoms with van der Waals surface area (Å²) in [4.78, 5) is 4.81. The van der Waals surface area contributed by atoms with Crippen molar-refractivity contribution in [3.05, 3.63) is 29.3 Å². The predicted octanol–water partition coefficient (Wildman–Crippen LogP) is 2.11. The van der Waals surface area contributed by atoms with Crippen molar-refractivity contribution in [2.24, 2.45) is 0 Å². The van der Waals surface area contributed by atoms with Gasteiger partial charge in [-0.1, -0.05) is 12.1 Å².